The van der Waals surface area contributed by atoms with Crippen molar-refractivity contribution in [3.8, 4) is 11.5 Å². The summed E-state index contributed by atoms with van der Waals surface area (Å²) >= 11 is 0. The maximum Gasteiger partial charge on any atom is 0.161 e. The molecular formula is C20H24O4. The molecule has 1 aliphatic carbocycles. The number of methoxy groups -OCH3 is 2. The molecule has 128 valence electrons. The summed E-state index contributed by atoms with van der Waals surface area (Å²) in [6, 6.07) is 5.86. The summed E-state index contributed by atoms with van der Waals surface area (Å²) < 4.78 is 17.0. The van der Waals surface area contributed by atoms with Crippen LogP contribution in [0.15, 0.2) is 42.7 Å². The van der Waals surface area contributed by atoms with Gasteiger partial charge >= 0.3 is 0 Å². The fourth-order valence-electron chi connectivity index (χ4n) is 4.00. The van der Waals surface area contributed by atoms with E-state index in [0.717, 1.165) is 24.2 Å². The summed E-state index contributed by atoms with van der Waals surface area (Å²) in [5, 5.41) is 0. The second-order valence-corrected chi connectivity index (χ2v) is 6.57. The van der Waals surface area contributed by atoms with Gasteiger partial charge in [-0.15, -0.1) is 6.58 Å². The minimum absolute atomic E-state index is 0.109. The zero-order valence-electron chi connectivity index (χ0n) is 14.5. The number of hydrogen-bond acceptors (Lipinski definition) is 4. The third-order valence-corrected chi connectivity index (χ3v) is 5.42. The summed E-state index contributed by atoms with van der Waals surface area (Å²) in [6.07, 6.45) is 5.71. The molecule has 0 amide bonds. The van der Waals surface area contributed by atoms with Gasteiger partial charge in [0.2, 0.25) is 0 Å². The minimum Gasteiger partial charge on any atom is -0.493 e. The van der Waals surface area contributed by atoms with Crippen molar-refractivity contribution in [1.82, 2.24) is 0 Å². The third-order valence-electron chi connectivity index (χ3n) is 5.42. The Morgan fingerprint density at radius 3 is 2.75 bits per heavy atom. The van der Waals surface area contributed by atoms with E-state index in [1.54, 1.807) is 20.3 Å². The molecule has 2 aliphatic rings. The van der Waals surface area contributed by atoms with Crippen molar-refractivity contribution in [2.75, 3.05) is 14.2 Å². The minimum atomic E-state index is -0.131. The molecule has 0 N–H and O–H groups in total. The SMILES string of the molecule is C=CC[C@]12CCC(=O)C=C1O[C@@H](c1ccc(OC)c(OC)c1)[C@H]2C. The molecule has 4 nitrogen and oxygen atoms in total. The summed E-state index contributed by atoms with van der Waals surface area (Å²) in [4.78, 5) is 11.9. The Morgan fingerprint density at radius 2 is 2.08 bits per heavy atom. The fraction of sp³-hybridized carbons (Fsp3) is 0.450. The van der Waals surface area contributed by atoms with Crippen LogP contribution in [0.2, 0.25) is 0 Å². The number of carbonyl (C=O) groups is 1. The number of ether oxygens (including phenoxy) is 3. The van der Waals surface area contributed by atoms with Crippen LogP contribution in [0, 0.1) is 11.3 Å². The molecule has 0 unspecified atom stereocenters. The quantitative estimate of drug-likeness (QED) is 0.759. The molecule has 4 heteroatoms. The molecule has 24 heavy (non-hydrogen) atoms. The lowest BCUT2D eigenvalue weighted by molar-refractivity contribution is -0.116. The molecule has 0 saturated carbocycles. The van der Waals surface area contributed by atoms with E-state index in [0.29, 0.717) is 17.9 Å². The summed E-state index contributed by atoms with van der Waals surface area (Å²) in [5.41, 5.74) is 0.902. The Labute approximate surface area is 143 Å². The molecule has 1 saturated heterocycles. The highest BCUT2D eigenvalue weighted by Gasteiger charge is 2.52. The van der Waals surface area contributed by atoms with Gasteiger partial charge in [0.05, 0.1) is 14.2 Å². The van der Waals surface area contributed by atoms with Gasteiger partial charge in [0.25, 0.3) is 0 Å². The first-order chi connectivity index (χ1) is 11.6. The van der Waals surface area contributed by atoms with Crippen molar-refractivity contribution in [2.24, 2.45) is 11.3 Å². The molecule has 3 atom stereocenters. The van der Waals surface area contributed by atoms with Crippen LogP contribution in [-0.4, -0.2) is 20.0 Å². The maximum absolute atomic E-state index is 11.9. The first kappa shape index (κ1) is 16.6. The Hall–Kier alpha value is -2.23. The van der Waals surface area contributed by atoms with Gasteiger partial charge in [0.1, 0.15) is 11.9 Å². The average Bonchev–Trinajstić information content (AvgIpc) is 2.87. The van der Waals surface area contributed by atoms with E-state index in [4.69, 9.17) is 14.2 Å². The topological polar surface area (TPSA) is 44.8 Å². The van der Waals surface area contributed by atoms with Gasteiger partial charge in [-0.1, -0.05) is 19.1 Å². The number of rotatable bonds is 5. The molecular weight excluding hydrogens is 304 g/mol. The number of hydrogen-bond donors (Lipinski definition) is 0. The molecule has 0 radical (unpaired) electrons. The molecule has 0 bridgehead atoms. The zero-order valence-corrected chi connectivity index (χ0v) is 14.5. The van der Waals surface area contributed by atoms with Crippen LogP contribution in [0.1, 0.15) is 37.9 Å². The number of allylic oxidation sites excluding steroid dienone is 3. The van der Waals surface area contributed by atoms with E-state index in [-0.39, 0.29) is 23.2 Å². The predicted octanol–water partition coefficient (Wildman–Crippen LogP) is 4.22. The van der Waals surface area contributed by atoms with E-state index in [1.807, 2.05) is 24.3 Å². The lowest BCUT2D eigenvalue weighted by Gasteiger charge is -2.34. The molecule has 3 rings (SSSR count). The average molecular weight is 328 g/mol. The van der Waals surface area contributed by atoms with Crippen LogP contribution in [0.25, 0.3) is 0 Å². The van der Waals surface area contributed by atoms with Crippen molar-refractivity contribution in [1.29, 1.82) is 0 Å². The molecule has 1 heterocycles. The van der Waals surface area contributed by atoms with Crippen LogP contribution in [-0.2, 0) is 9.53 Å². The molecule has 0 spiro atoms. The van der Waals surface area contributed by atoms with Gasteiger partial charge < -0.3 is 14.2 Å². The Bertz CT molecular complexity index is 691. The second kappa shape index (κ2) is 6.34. The van der Waals surface area contributed by atoms with Crippen LogP contribution in [0.4, 0.5) is 0 Å². The maximum atomic E-state index is 11.9. The number of ketones is 1. The van der Waals surface area contributed by atoms with Gasteiger partial charge in [0, 0.05) is 23.8 Å². The smallest absolute Gasteiger partial charge is 0.161 e. The predicted molar refractivity (Wildman–Crippen MR) is 92.1 cm³/mol. The van der Waals surface area contributed by atoms with Gasteiger partial charge in [-0.3, -0.25) is 4.79 Å². The van der Waals surface area contributed by atoms with E-state index in [9.17, 15) is 4.79 Å². The van der Waals surface area contributed by atoms with Crippen molar-refractivity contribution in [2.45, 2.75) is 32.3 Å². The molecule has 1 fully saturated rings. The molecule has 1 aliphatic heterocycles. The fourth-order valence-corrected chi connectivity index (χ4v) is 4.00. The Morgan fingerprint density at radius 1 is 1.33 bits per heavy atom. The largest absolute Gasteiger partial charge is 0.493 e. The molecule has 0 aromatic heterocycles. The number of carbonyl (C=O) groups excluding carboxylic acids is 1. The van der Waals surface area contributed by atoms with Crippen molar-refractivity contribution in [3.63, 3.8) is 0 Å². The van der Waals surface area contributed by atoms with Crippen LogP contribution >= 0.6 is 0 Å². The van der Waals surface area contributed by atoms with Gasteiger partial charge in [-0.05, 0) is 30.5 Å². The van der Waals surface area contributed by atoms with Crippen molar-refractivity contribution in [3.05, 3.63) is 48.3 Å². The zero-order chi connectivity index (χ0) is 17.3. The monoisotopic (exact) mass is 328 g/mol. The van der Waals surface area contributed by atoms with Crippen molar-refractivity contribution < 1.29 is 19.0 Å². The van der Waals surface area contributed by atoms with Crippen LogP contribution < -0.4 is 9.47 Å². The standard InChI is InChI=1S/C20H24O4/c1-5-9-20-10-8-15(21)12-18(20)24-19(13(20)2)14-6-7-16(22-3)17(11-14)23-4/h5-7,11-13,19H,1,8-10H2,2-4H3/t13-,19-,20-/m1/s1. The summed E-state index contributed by atoms with van der Waals surface area (Å²) in [6.45, 7) is 6.10. The van der Waals surface area contributed by atoms with E-state index in [1.165, 1.54) is 0 Å². The van der Waals surface area contributed by atoms with E-state index >= 15 is 0 Å². The third kappa shape index (κ3) is 2.50. The van der Waals surface area contributed by atoms with Crippen LogP contribution in [0.3, 0.4) is 0 Å². The first-order valence-corrected chi connectivity index (χ1v) is 8.30. The summed E-state index contributed by atoms with van der Waals surface area (Å²) in [7, 11) is 3.25. The van der Waals surface area contributed by atoms with E-state index in [2.05, 4.69) is 13.5 Å². The molecule has 1 aromatic rings. The lowest BCUT2D eigenvalue weighted by Crippen LogP contribution is -2.30. The number of benzene rings is 1. The highest BCUT2D eigenvalue weighted by molar-refractivity contribution is 5.91. The normalized spacial score (nSPS) is 28.6. The van der Waals surface area contributed by atoms with Gasteiger partial charge in [-0.25, -0.2) is 0 Å². The van der Waals surface area contributed by atoms with Gasteiger partial charge in [0.15, 0.2) is 17.3 Å². The van der Waals surface area contributed by atoms with Crippen molar-refractivity contribution >= 4 is 5.78 Å². The highest BCUT2D eigenvalue weighted by Crippen LogP contribution is 2.59. The van der Waals surface area contributed by atoms with Gasteiger partial charge in [-0.2, -0.15) is 0 Å². The molecule has 1 aromatic carbocycles. The second-order valence-electron chi connectivity index (χ2n) is 6.57. The summed E-state index contributed by atoms with van der Waals surface area (Å²) in [5.74, 6) is 2.58. The Kier molecular flexibility index (Phi) is 4.39. The lowest BCUT2D eigenvalue weighted by atomic mass is 9.66. The number of fused-ring (bicyclic) bond motifs is 1. The highest BCUT2D eigenvalue weighted by atomic mass is 16.5. The van der Waals surface area contributed by atoms with Crippen LogP contribution in [0.5, 0.6) is 11.5 Å². The first-order valence-electron chi connectivity index (χ1n) is 8.30. The van der Waals surface area contributed by atoms with E-state index < -0.39 is 0 Å². The Balaban J connectivity index is 2.00.